The molecule has 3 rings (SSSR count). The van der Waals surface area contributed by atoms with Crippen LogP contribution in [0.15, 0.2) is 24.3 Å². The highest BCUT2D eigenvalue weighted by atomic mass is 16.5. The van der Waals surface area contributed by atoms with Crippen molar-refractivity contribution in [1.82, 2.24) is 20.4 Å². The number of aliphatic carboxylic acids is 1. The van der Waals surface area contributed by atoms with E-state index in [1.165, 1.54) is 4.90 Å². The number of ether oxygens (including phenoxy) is 1. The first-order valence-electron chi connectivity index (χ1n) is 11.1. The van der Waals surface area contributed by atoms with Crippen molar-refractivity contribution in [3.63, 3.8) is 0 Å². The molecule has 11 nitrogen and oxygen atoms in total. The van der Waals surface area contributed by atoms with E-state index in [0.717, 1.165) is 0 Å². The molecule has 0 aliphatic carbocycles. The average Bonchev–Trinajstić information content (AvgIpc) is 2.79. The summed E-state index contributed by atoms with van der Waals surface area (Å²) in [5.41, 5.74) is 4.72. The van der Waals surface area contributed by atoms with E-state index >= 15 is 0 Å². The third kappa shape index (κ3) is 4.93. The van der Waals surface area contributed by atoms with Gasteiger partial charge in [0.2, 0.25) is 11.8 Å². The normalized spacial score (nSPS) is 20.7. The zero-order valence-corrected chi connectivity index (χ0v) is 19.0. The van der Waals surface area contributed by atoms with Gasteiger partial charge in [-0.05, 0) is 37.6 Å². The molecule has 33 heavy (non-hydrogen) atoms. The van der Waals surface area contributed by atoms with E-state index in [4.69, 9.17) is 15.9 Å². The van der Waals surface area contributed by atoms with E-state index in [2.05, 4.69) is 10.6 Å². The molecule has 0 spiro atoms. The second-order valence-corrected chi connectivity index (χ2v) is 8.41. The molecule has 2 aliphatic heterocycles. The van der Waals surface area contributed by atoms with Gasteiger partial charge in [0.05, 0.1) is 13.1 Å². The Balaban J connectivity index is 2.05. The number of nitrogen functional groups attached to an aromatic ring is 1. The Morgan fingerprint density at radius 1 is 1.18 bits per heavy atom. The SMILES string of the molecule is CCC(Oc1ccc(C(=N)N)cc1)C(C)(C(C(=O)O)N1CCNCC1=O)N1CCNCC1=O. The van der Waals surface area contributed by atoms with Gasteiger partial charge < -0.3 is 36.0 Å². The third-order valence-corrected chi connectivity index (χ3v) is 6.36. The molecule has 1 aromatic rings. The number of benzene rings is 1. The van der Waals surface area contributed by atoms with E-state index in [0.29, 0.717) is 37.4 Å². The van der Waals surface area contributed by atoms with Gasteiger partial charge in [-0.25, -0.2) is 4.79 Å². The molecule has 0 saturated carbocycles. The highest BCUT2D eigenvalue weighted by Crippen LogP contribution is 2.34. The van der Waals surface area contributed by atoms with Gasteiger partial charge in [0.15, 0.2) is 6.04 Å². The monoisotopic (exact) mass is 460 g/mol. The smallest absolute Gasteiger partial charge is 0.329 e. The Labute approximate surface area is 192 Å². The highest BCUT2D eigenvalue weighted by Gasteiger charge is 2.56. The van der Waals surface area contributed by atoms with E-state index in [1.54, 1.807) is 36.1 Å². The molecule has 0 aromatic heterocycles. The van der Waals surface area contributed by atoms with E-state index in [9.17, 15) is 19.5 Å². The number of nitrogens with two attached hydrogens (primary N) is 1. The van der Waals surface area contributed by atoms with Gasteiger partial charge in [-0.2, -0.15) is 0 Å². The number of carboxylic acids is 1. The molecule has 6 N–H and O–H groups in total. The molecule has 3 atom stereocenters. The molecule has 2 heterocycles. The molecular formula is C22H32N6O5. The number of hydrogen-bond donors (Lipinski definition) is 5. The highest BCUT2D eigenvalue weighted by molar-refractivity contribution is 5.95. The van der Waals surface area contributed by atoms with Crippen molar-refractivity contribution in [2.75, 3.05) is 39.3 Å². The Bertz CT molecular complexity index is 907. The molecule has 2 saturated heterocycles. The first kappa shape index (κ1) is 24.5. The average molecular weight is 461 g/mol. The molecule has 180 valence electrons. The quantitative estimate of drug-likeness (QED) is 0.236. The van der Waals surface area contributed by atoms with Gasteiger partial charge in [-0.15, -0.1) is 0 Å². The van der Waals surface area contributed by atoms with Crippen molar-refractivity contribution in [1.29, 1.82) is 5.41 Å². The number of carbonyl (C=O) groups excluding carboxylic acids is 2. The predicted molar refractivity (Wildman–Crippen MR) is 121 cm³/mol. The first-order chi connectivity index (χ1) is 15.7. The molecule has 2 amide bonds. The number of nitrogens with one attached hydrogen (secondary N) is 3. The minimum Gasteiger partial charge on any atom is -0.488 e. The number of amidine groups is 1. The third-order valence-electron chi connectivity index (χ3n) is 6.36. The van der Waals surface area contributed by atoms with Crippen molar-refractivity contribution < 1.29 is 24.2 Å². The fourth-order valence-corrected chi connectivity index (χ4v) is 4.70. The summed E-state index contributed by atoms with van der Waals surface area (Å²) >= 11 is 0. The summed E-state index contributed by atoms with van der Waals surface area (Å²) in [5, 5.41) is 23.9. The first-order valence-corrected chi connectivity index (χ1v) is 11.1. The van der Waals surface area contributed by atoms with Crippen LogP contribution in [0, 0.1) is 5.41 Å². The van der Waals surface area contributed by atoms with Gasteiger partial charge in [-0.1, -0.05) is 6.92 Å². The lowest BCUT2D eigenvalue weighted by Gasteiger charge is -2.53. The number of carbonyl (C=O) groups is 3. The van der Waals surface area contributed by atoms with Crippen LogP contribution in [0.25, 0.3) is 0 Å². The lowest BCUT2D eigenvalue weighted by atomic mass is 9.80. The van der Waals surface area contributed by atoms with Crippen molar-refractivity contribution in [2.45, 2.75) is 38.0 Å². The van der Waals surface area contributed by atoms with Crippen molar-refractivity contribution >= 4 is 23.6 Å². The zero-order valence-electron chi connectivity index (χ0n) is 19.0. The van der Waals surface area contributed by atoms with Crippen LogP contribution >= 0.6 is 0 Å². The summed E-state index contributed by atoms with van der Waals surface area (Å²) in [4.78, 5) is 41.3. The van der Waals surface area contributed by atoms with Crippen LogP contribution in [0.2, 0.25) is 0 Å². The molecule has 0 radical (unpaired) electrons. The summed E-state index contributed by atoms with van der Waals surface area (Å²) in [6.07, 6.45) is -0.335. The van der Waals surface area contributed by atoms with Crippen LogP contribution in [0.3, 0.4) is 0 Å². The topological polar surface area (TPSA) is 161 Å². The Hall–Kier alpha value is -3.18. The van der Waals surface area contributed by atoms with E-state index in [-0.39, 0.29) is 37.3 Å². The number of amides is 2. The van der Waals surface area contributed by atoms with Crippen LogP contribution in [-0.4, -0.2) is 95.5 Å². The molecule has 1 aromatic carbocycles. The second-order valence-electron chi connectivity index (χ2n) is 8.41. The number of nitrogens with zero attached hydrogens (tertiary/aromatic N) is 2. The van der Waals surface area contributed by atoms with Crippen molar-refractivity contribution in [2.24, 2.45) is 5.73 Å². The van der Waals surface area contributed by atoms with Crippen LogP contribution < -0.4 is 21.1 Å². The summed E-state index contributed by atoms with van der Waals surface area (Å²) in [7, 11) is 0. The largest absolute Gasteiger partial charge is 0.488 e. The van der Waals surface area contributed by atoms with E-state index < -0.39 is 23.7 Å². The van der Waals surface area contributed by atoms with Crippen LogP contribution in [0.1, 0.15) is 25.8 Å². The predicted octanol–water partition coefficient (Wildman–Crippen LogP) is -0.796. The number of hydrogen-bond acceptors (Lipinski definition) is 7. The molecule has 2 aliphatic rings. The number of rotatable bonds is 9. The van der Waals surface area contributed by atoms with Gasteiger partial charge in [0.1, 0.15) is 23.2 Å². The van der Waals surface area contributed by atoms with Crippen LogP contribution in [0.4, 0.5) is 0 Å². The van der Waals surface area contributed by atoms with Gasteiger partial charge in [0, 0.05) is 31.7 Å². The summed E-state index contributed by atoms with van der Waals surface area (Å²) < 4.78 is 6.28. The standard InChI is InChI=1S/C22H32N6O5/c1-3-16(33-15-6-4-14(5-7-15)20(23)24)22(2,28-11-9-26-13-18(28)30)19(21(31)32)27-10-8-25-12-17(27)29/h4-7,16,19,25-26H,3,8-13H2,1-2H3,(H3,23,24)(H,31,32). The van der Waals surface area contributed by atoms with Crippen molar-refractivity contribution in [3.8, 4) is 5.75 Å². The Kier molecular flexibility index (Phi) is 7.54. The fourth-order valence-electron chi connectivity index (χ4n) is 4.70. The van der Waals surface area contributed by atoms with Gasteiger partial charge >= 0.3 is 5.97 Å². The maximum Gasteiger partial charge on any atom is 0.329 e. The minimum atomic E-state index is -1.34. The summed E-state index contributed by atoms with van der Waals surface area (Å²) in [5.74, 6) is -1.38. The van der Waals surface area contributed by atoms with Gasteiger partial charge in [-0.3, -0.25) is 15.0 Å². The minimum absolute atomic E-state index is 0.0412. The summed E-state index contributed by atoms with van der Waals surface area (Å²) in [6, 6.07) is 5.31. The molecule has 2 fully saturated rings. The lowest BCUT2D eigenvalue weighted by molar-refractivity contribution is -0.169. The Morgan fingerprint density at radius 3 is 2.30 bits per heavy atom. The van der Waals surface area contributed by atoms with E-state index in [1.807, 2.05) is 6.92 Å². The maximum atomic E-state index is 13.0. The maximum absolute atomic E-state index is 13.0. The lowest BCUT2D eigenvalue weighted by Crippen LogP contribution is -2.75. The fraction of sp³-hybridized carbons (Fsp3) is 0.545. The second kappa shape index (κ2) is 10.2. The zero-order chi connectivity index (χ0) is 24.2. The van der Waals surface area contributed by atoms with Crippen molar-refractivity contribution in [3.05, 3.63) is 29.8 Å². The summed E-state index contributed by atoms with van der Waals surface area (Å²) in [6.45, 7) is 5.16. The molecule has 0 bridgehead atoms. The molecule has 11 heteroatoms. The number of piperazine rings is 2. The van der Waals surface area contributed by atoms with Gasteiger partial charge in [0.25, 0.3) is 0 Å². The molecular weight excluding hydrogens is 428 g/mol. The number of carboxylic acid groups (broad SMARTS) is 1. The van der Waals surface area contributed by atoms with Crippen LogP contribution in [-0.2, 0) is 14.4 Å². The Morgan fingerprint density at radius 2 is 1.79 bits per heavy atom. The van der Waals surface area contributed by atoms with Crippen LogP contribution in [0.5, 0.6) is 5.75 Å². The molecule has 3 unspecified atom stereocenters.